The first-order valence-electron chi connectivity index (χ1n) is 7.00. The summed E-state index contributed by atoms with van der Waals surface area (Å²) in [5.41, 5.74) is 5.31. The number of carbonyl (C=O) groups excluding carboxylic acids is 3. The highest BCUT2D eigenvalue weighted by molar-refractivity contribution is 6.37. The number of carbonyl (C=O) groups is 3. The molecule has 3 amide bonds. The van der Waals surface area contributed by atoms with Crippen LogP contribution in [0.4, 0.5) is 0 Å². The van der Waals surface area contributed by atoms with Gasteiger partial charge in [-0.05, 0) is 26.1 Å². The molecule has 0 saturated carbocycles. The van der Waals surface area contributed by atoms with Crippen molar-refractivity contribution >= 4 is 17.7 Å². The minimum absolute atomic E-state index is 0.0566. The van der Waals surface area contributed by atoms with E-state index in [0.29, 0.717) is 6.54 Å². The first kappa shape index (κ1) is 18.5. The monoisotopic (exact) mass is 286 g/mol. The van der Waals surface area contributed by atoms with Crippen LogP contribution < -0.4 is 11.1 Å². The molecule has 0 atom stereocenters. The van der Waals surface area contributed by atoms with Gasteiger partial charge in [0.1, 0.15) is 0 Å². The maximum Gasteiger partial charge on any atom is 0.318 e. The van der Waals surface area contributed by atoms with Gasteiger partial charge in [0.25, 0.3) is 0 Å². The molecule has 0 aliphatic rings. The zero-order valence-electron chi connectivity index (χ0n) is 12.6. The minimum atomic E-state index is -0.842. The fourth-order valence-corrected chi connectivity index (χ4v) is 1.77. The van der Waals surface area contributed by atoms with Crippen molar-refractivity contribution in [3.8, 4) is 0 Å². The zero-order valence-corrected chi connectivity index (χ0v) is 12.6. The number of hydrogen-bond donors (Lipinski definition) is 2. The van der Waals surface area contributed by atoms with Gasteiger partial charge in [0.05, 0.1) is 0 Å². The van der Waals surface area contributed by atoms with E-state index in [9.17, 15) is 14.4 Å². The van der Waals surface area contributed by atoms with E-state index in [1.54, 1.807) is 0 Å². The second-order valence-electron chi connectivity index (χ2n) is 4.40. The first-order valence-corrected chi connectivity index (χ1v) is 7.00. The molecule has 0 spiro atoms. The molecule has 0 fully saturated rings. The number of rotatable bonds is 8. The molecule has 0 aromatic heterocycles. The van der Waals surface area contributed by atoms with Crippen LogP contribution in [0.1, 0.15) is 27.2 Å². The summed E-state index contributed by atoms with van der Waals surface area (Å²) in [6, 6.07) is 0. The summed E-state index contributed by atoms with van der Waals surface area (Å²) in [5, 5.41) is 2.53. The fraction of sp³-hybridized carbons (Fsp3) is 0.769. The van der Waals surface area contributed by atoms with Crippen molar-refractivity contribution in [2.24, 2.45) is 5.73 Å². The van der Waals surface area contributed by atoms with Gasteiger partial charge in [0.15, 0.2) is 0 Å². The van der Waals surface area contributed by atoms with Gasteiger partial charge in [-0.25, -0.2) is 0 Å². The van der Waals surface area contributed by atoms with Gasteiger partial charge in [0.2, 0.25) is 5.91 Å². The Balaban J connectivity index is 4.13. The smallest absolute Gasteiger partial charge is 0.318 e. The summed E-state index contributed by atoms with van der Waals surface area (Å²) in [6.45, 7) is 8.77. The molecule has 20 heavy (non-hydrogen) atoms. The Bertz CT molecular complexity index is 330. The highest BCUT2D eigenvalue weighted by Gasteiger charge is 2.23. The van der Waals surface area contributed by atoms with Crippen LogP contribution in [-0.4, -0.2) is 66.8 Å². The van der Waals surface area contributed by atoms with Crippen molar-refractivity contribution in [1.82, 2.24) is 15.1 Å². The van der Waals surface area contributed by atoms with E-state index >= 15 is 0 Å². The summed E-state index contributed by atoms with van der Waals surface area (Å²) in [6.07, 6.45) is 0.762. The molecule has 116 valence electrons. The number of nitrogens with zero attached hydrogens (tertiary/aromatic N) is 2. The normalized spacial score (nSPS) is 10.4. The number of nitrogens with one attached hydrogen (secondary N) is 1. The van der Waals surface area contributed by atoms with Crippen LogP contribution >= 0.6 is 0 Å². The minimum Gasteiger partial charge on any atom is -0.348 e. The molecule has 0 aliphatic carbocycles. The lowest BCUT2D eigenvalue weighted by molar-refractivity contribution is -0.151. The van der Waals surface area contributed by atoms with Crippen LogP contribution in [0.3, 0.4) is 0 Å². The van der Waals surface area contributed by atoms with Crippen molar-refractivity contribution in [2.75, 3.05) is 39.3 Å². The van der Waals surface area contributed by atoms with Gasteiger partial charge in [0, 0.05) is 26.6 Å². The summed E-state index contributed by atoms with van der Waals surface area (Å²) >= 11 is 0. The van der Waals surface area contributed by atoms with Crippen molar-refractivity contribution in [2.45, 2.75) is 27.2 Å². The van der Waals surface area contributed by atoms with E-state index < -0.39 is 17.7 Å². The zero-order chi connectivity index (χ0) is 15.5. The molecule has 0 saturated heterocycles. The van der Waals surface area contributed by atoms with Gasteiger partial charge in [-0.1, -0.05) is 13.8 Å². The van der Waals surface area contributed by atoms with E-state index in [0.717, 1.165) is 31.0 Å². The number of nitrogens with two attached hydrogens (primary N) is 1. The quantitative estimate of drug-likeness (QED) is 0.448. The Morgan fingerprint density at radius 2 is 1.70 bits per heavy atom. The highest BCUT2D eigenvalue weighted by Crippen LogP contribution is 1.92. The highest BCUT2D eigenvalue weighted by atomic mass is 16.2. The van der Waals surface area contributed by atoms with E-state index in [1.165, 1.54) is 6.92 Å². The number of amides is 3. The molecule has 0 radical (unpaired) electrons. The SMILES string of the molecule is CCN(CC)CCCNC(=O)C(=O)N(CCN)C(C)=O. The standard InChI is InChI=1S/C13H26N4O3/c1-4-16(5-2)9-6-8-15-12(19)13(20)17(10-7-14)11(3)18/h4-10,14H2,1-3H3,(H,15,19). The Hall–Kier alpha value is -1.47. The van der Waals surface area contributed by atoms with Crippen LogP contribution in [-0.2, 0) is 14.4 Å². The summed E-state index contributed by atoms with van der Waals surface area (Å²) in [5.74, 6) is -2.07. The van der Waals surface area contributed by atoms with E-state index in [4.69, 9.17) is 5.73 Å². The largest absolute Gasteiger partial charge is 0.348 e. The van der Waals surface area contributed by atoms with E-state index in [-0.39, 0.29) is 13.1 Å². The van der Waals surface area contributed by atoms with Crippen LogP contribution in [0.15, 0.2) is 0 Å². The molecule has 0 aromatic rings. The average molecular weight is 286 g/mol. The molecule has 0 bridgehead atoms. The predicted octanol–water partition coefficient (Wildman–Crippen LogP) is -0.832. The Morgan fingerprint density at radius 3 is 2.15 bits per heavy atom. The topological polar surface area (TPSA) is 95.7 Å². The summed E-state index contributed by atoms with van der Waals surface area (Å²) in [7, 11) is 0. The van der Waals surface area contributed by atoms with Gasteiger partial charge < -0.3 is 16.0 Å². The molecular formula is C13H26N4O3. The first-order chi connectivity index (χ1) is 9.47. The second kappa shape index (κ2) is 10.3. The van der Waals surface area contributed by atoms with Crippen molar-refractivity contribution in [3.63, 3.8) is 0 Å². The maximum absolute atomic E-state index is 11.7. The van der Waals surface area contributed by atoms with Gasteiger partial charge in [-0.2, -0.15) is 0 Å². The number of imide groups is 1. The molecule has 0 heterocycles. The fourth-order valence-electron chi connectivity index (χ4n) is 1.77. The summed E-state index contributed by atoms with van der Waals surface area (Å²) in [4.78, 5) is 37.7. The van der Waals surface area contributed by atoms with Crippen LogP contribution in [0.2, 0.25) is 0 Å². The van der Waals surface area contributed by atoms with Gasteiger partial charge in [-0.3, -0.25) is 19.3 Å². The Kier molecular flexibility index (Phi) is 9.57. The molecule has 0 rings (SSSR count). The predicted molar refractivity (Wildman–Crippen MR) is 76.9 cm³/mol. The Labute approximate surface area is 120 Å². The van der Waals surface area contributed by atoms with Crippen LogP contribution in [0, 0.1) is 0 Å². The van der Waals surface area contributed by atoms with Crippen LogP contribution in [0.25, 0.3) is 0 Å². The molecular weight excluding hydrogens is 260 g/mol. The average Bonchev–Trinajstić information content (AvgIpc) is 2.43. The second-order valence-corrected chi connectivity index (χ2v) is 4.40. The third-order valence-electron chi connectivity index (χ3n) is 3.00. The van der Waals surface area contributed by atoms with E-state index in [1.807, 2.05) is 0 Å². The molecule has 3 N–H and O–H groups in total. The maximum atomic E-state index is 11.7. The van der Waals surface area contributed by atoms with E-state index in [2.05, 4.69) is 24.1 Å². The van der Waals surface area contributed by atoms with Crippen molar-refractivity contribution in [1.29, 1.82) is 0 Å². The third kappa shape index (κ3) is 6.63. The third-order valence-corrected chi connectivity index (χ3v) is 3.00. The molecule has 0 aromatic carbocycles. The molecule has 7 heteroatoms. The summed E-state index contributed by atoms with van der Waals surface area (Å²) < 4.78 is 0. The number of hydrogen-bond acceptors (Lipinski definition) is 5. The lowest BCUT2D eigenvalue weighted by atomic mass is 10.3. The Morgan fingerprint density at radius 1 is 1.10 bits per heavy atom. The van der Waals surface area contributed by atoms with Crippen LogP contribution in [0.5, 0.6) is 0 Å². The molecule has 7 nitrogen and oxygen atoms in total. The van der Waals surface area contributed by atoms with Gasteiger partial charge >= 0.3 is 11.8 Å². The van der Waals surface area contributed by atoms with Crippen molar-refractivity contribution in [3.05, 3.63) is 0 Å². The van der Waals surface area contributed by atoms with Crippen molar-refractivity contribution < 1.29 is 14.4 Å². The lowest BCUT2D eigenvalue weighted by Crippen LogP contribution is -2.47. The molecule has 0 aliphatic heterocycles. The lowest BCUT2D eigenvalue weighted by Gasteiger charge is -2.19. The van der Waals surface area contributed by atoms with Gasteiger partial charge in [-0.15, -0.1) is 0 Å². The molecule has 0 unspecified atom stereocenters.